The second kappa shape index (κ2) is 25.0. The number of hydrogen-bond donors (Lipinski definition) is 3. The number of carbonyl (C=O) groups excluding carboxylic acids is 4. The van der Waals surface area contributed by atoms with E-state index in [2.05, 4.69) is 12.2 Å². The van der Waals surface area contributed by atoms with Crippen molar-refractivity contribution >= 4 is 23.6 Å². The maximum absolute atomic E-state index is 12.5. The van der Waals surface area contributed by atoms with Gasteiger partial charge in [0.05, 0.1) is 6.61 Å². The van der Waals surface area contributed by atoms with E-state index in [4.69, 9.17) is 10.5 Å². The molecule has 3 unspecified atom stereocenters. The van der Waals surface area contributed by atoms with Gasteiger partial charge in [-0.3, -0.25) is 19.2 Å². The number of primary amides is 1. The van der Waals surface area contributed by atoms with E-state index in [9.17, 15) is 24.3 Å². The average Bonchev–Trinajstić information content (AvgIpc) is 2.90. The maximum atomic E-state index is 12.5. The lowest BCUT2D eigenvalue weighted by Crippen LogP contribution is -2.43. The third kappa shape index (κ3) is 21.5. The monoisotopic (exact) mass is 554 g/mol. The highest BCUT2D eigenvalue weighted by Crippen LogP contribution is 2.21. The molecule has 0 aliphatic heterocycles. The summed E-state index contributed by atoms with van der Waals surface area (Å²) in [5.74, 6) is -3.36. The Labute approximate surface area is 237 Å². The maximum Gasteiger partial charge on any atom is 0.305 e. The van der Waals surface area contributed by atoms with Gasteiger partial charge in [-0.1, -0.05) is 110 Å². The number of unbranched alkanes of at least 4 members (excludes halogenated alkanes) is 15. The van der Waals surface area contributed by atoms with E-state index in [1.807, 2.05) is 0 Å². The first-order valence-electron chi connectivity index (χ1n) is 15.7. The van der Waals surface area contributed by atoms with E-state index in [0.29, 0.717) is 13.0 Å². The number of amides is 2. The number of aliphatic hydroxyl groups excluding tert-OH is 1. The van der Waals surface area contributed by atoms with Gasteiger partial charge < -0.3 is 20.9 Å². The molecule has 0 fully saturated rings. The number of Topliss-reactive ketones (excluding diaryl/α,β-unsaturated/α-hetero) is 1. The Morgan fingerprint density at radius 1 is 0.744 bits per heavy atom. The first-order chi connectivity index (χ1) is 18.7. The Balaban J connectivity index is 3.95. The third-order valence-electron chi connectivity index (χ3n) is 7.46. The van der Waals surface area contributed by atoms with Gasteiger partial charge in [0.15, 0.2) is 12.0 Å². The molecule has 8 nitrogen and oxygen atoms in total. The predicted octanol–water partition coefficient (Wildman–Crippen LogP) is 6.11. The predicted molar refractivity (Wildman–Crippen MR) is 156 cm³/mol. The summed E-state index contributed by atoms with van der Waals surface area (Å²) in [4.78, 5) is 47.7. The largest absolute Gasteiger partial charge is 0.466 e. The topological polar surface area (TPSA) is 136 Å². The summed E-state index contributed by atoms with van der Waals surface area (Å²) in [5, 5.41) is 11.9. The number of ketones is 1. The van der Waals surface area contributed by atoms with Gasteiger partial charge in [0.1, 0.15) is 0 Å². The molecular weight excluding hydrogens is 496 g/mol. The van der Waals surface area contributed by atoms with Gasteiger partial charge in [0, 0.05) is 18.3 Å². The van der Waals surface area contributed by atoms with E-state index in [1.165, 1.54) is 83.5 Å². The van der Waals surface area contributed by atoms with Crippen LogP contribution < -0.4 is 11.1 Å². The average molecular weight is 555 g/mol. The van der Waals surface area contributed by atoms with Gasteiger partial charge >= 0.3 is 5.97 Å². The molecule has 0 aliphatic rings. The molecule has 0 saturated heterocycles. The number of ether oxygens (including phenoxy) is 1. The van der Waals surface area contributed by atoms with Crippen LogP contribution in [0.3, 0.4) is 0 Å². The van der Waals surface area contributed by atoms with Crippen LogP contribution in [0.15, 0.2) is 0 Å². The molecule has 0 aromatic rings. The van der Waals surface area contributed by atoms with E-state index < -0.39 is 41.6 Å². The van der Waals surface area contributed by atoms with Crippen LogP contribution in [0.25, 0.3) is 0 Å². The zero-order valence-corrected chi connectivity index (χ0v) is 25.1. The molecule has 0 heterocycles. The van der Waals surface area contributed by atoms with Crippen LogP contribution in [0.4, 0.5) is 0 Å². The first-order valence-corrected chi connectivity index (χ1v) is 15.7. The summed E-state index contributed by atoms with van der Waals surface area (Å²) >= 11 is 0. The van der Waals surface area contributed by atoms with Crippen LogP contribution in [0.1, 0.15) is 149 Å². The highest BCUT2D eigenvalue weighted by molar-refractivity contribution is 5.87. The van der Waals surface area contributed by atoms with E-state index in [1.54, 1.807) is 6.92 Å². The molecule has 0 spiro atoms. The summed E-state index contributed by atoms with van der Waals surface area (Å²) < 4.78 is 5.32. The minimum absolute atomic E-state index is 0.0162. The SMILES string of the molecule is CCCCCCCCCCCCCCCCCCOC(=O)CCC(CC(CC)C(N)=O)C(=O)NC(O)C(C)=O. The second-order valence-electron chi connectivity index (χ2n) is 11.0. The van der Waals surface area contributed by atoms with Gasteiger partial charge in [-0.05, 0) is 32.6 Å². The third-order valence-corrected chi connectivity index (χ3v) is 7.46. The van der Waals surface area contributed by atoms with Crippen molar-refractivity contribution in [3.05, 3.63) is 0 Å². The van der Waals surface area contributed by atoms with Gasteiger partial charge in [-0.15, -0.1) is 0 Å². The quantitative estimate of drug-likeness (QED) is 0.0636. The summed E-state index contributed by atoms with van der Waals surface area (Å²) in [6.07, 6.45) is 19.7. The number of carbonyl (C=O) groups is 4. The molecule has 3 atom stereocenters. The van der Waals surface area contributed by atoms with Crippen LogP contribution in [-0.4, -0.2) is 41.5 Å². The fourth-order valence-electron chi connectivity index (χ4n) is 4.74. The van der Waals surface area contributed by atoms with Crippen molar-refractivity contribution in [3.8, 4) is 0 Å². The molecule has 228 valence electrons. The molecule has 0 bridgehead atoms. The second-order valence-corrected chi connectivity index (χ2v) is 11.0. The molecule has 8 heteroatoms. The van der Waals surface area contributed by atoms with Gasteiger partial charge in [0.2, 0.25) is 11.8 Å². The zero-order valence-electron chi connectivity index (χ0n) is 25.1. The van der Waals surface area contributed by atoms with E-state index in [-0.39, 0.29) is 19.3 Å². The number of nitrogens with two attached hydrogens (primary N) is 1. The lowest BCUT2D eigenvalue weighted by Gasteiger charge is -2.21. The van der Waals surface area contributed by atoms with E-state index >= 15 is 0 Å². The molecule has 39 heavy (non-hydrogen) atoms. The summed E-state index contributed by atoms with van der Waals surface area (Å²) in [6, 6.07) is 0. The highest BCUT2D eigenvalue weighted by atomic mass is 16.5. The van der Waals surface area contributed by atoms with Crippen LogP contribution in [0.5, 0.6) is 0 Å². The Hall–Kier alpha value is -1.96. The van der Waals surface area contributed by atoms with Crippen molar-refractivity contribution < 1.29 is 29.0 Å². The number of rotatable bonds is 27. The lowest BCUT2D eigenvalue weighted by atomic mass is 9.88. The summed E-state index contributed by atoms with van der Waals surface area (Å²) in [6.45, 7) is 5.57. The molecule has 0 rings (SSSR count). The lowest BCUT2D eigenvalue weighted by molar-refractivity contribution is -0.144. The minimum Gasteiger partial charge on any atom is -0.466 e. The van der Waals surface area contributed by atoms with Crippen molar-refractivity contribution in [1.29, 1.82) is 0 Å². The Bertz CT molecular complexity index is 669. The van der Waals surface area contributed by atoms with E-state index in [0.717, 1.165) is 26.2 Å². The first kappa shape index (κ1) is 37.0. The molecule has 0 aliphatic carbocycles. The standard InChI is InChI=1S/C31H58N2O6/c1-4-6-7-8-9-10-11-12-13-14-15-16-17-18-19-20-23-39-28(35)22-21-27(24-26(5-2)29(32)36)31(38)33-30(37)25(3)34/h26-27,30,37H,4-24H2,1-3H3,(H2,32,36)(H,33,38). The fraction of sp³-hybridized carbons (Fsp3) is 0.871. The number of nitrogens with one attached hydrogen (secondary N) is 1. The summed E-state index contributed by atoms with van der Waals surface area (Å²) in [7, 11) is 0. The van der Waals surface area contributed by atoms with Crippen molar-refractivity contribution in [2.45, 2.75) is 155 Å². The molecule has 0 aromatic heterocycles. The summed E-state index contributed by atoms with van der Waals surface area (Å²) in [5.41, 5.74) is 5.41. The van der Waals surface area contributed by atoms with Crippen molar-refractivity contribution in [3.63, 3.8) is 0 Å². The Morgan fingerprint density at radius 3 is 1.62 bits per heavy atom. The fourth-order valence-corrected chi connectivity index (χ4v) is 4.74. The number of aliphatic hydroxyl groups is 1. The van der Waals surface area contributed by atoms with Crippen molar-refractivity contribution in [2.75, 3.05) is 6.61 Å². The van der Waals surface area contributed by atoms with Crippen molar-refractivity contribution in [1.82, 2.24) is 5.32 Å². The smallest absolute Gasteiger partial charge is 0.305 e. The zero-order chi connectivity index (χ0) is 29.3. The van der Waals surface area contributed by atoms with Crippen LogP contribution in [0, 0.1) is 11.8 Å². The molecule has 4 N–H and O–H groups in total. The van der Waals surface area contributed by atoms with Crippen LogP contribution in [0.2, 0.25) is 0 Å². The number of hydrogen-bond acceptors (Lipinski definition) is 6. The molecular formula is C31H58N2O6. The molecule has 0 saturated carbocycles. The van der Waals surface area contributed by atoms with Crippen LogP contribution >= 0.6 is 0 Å². The molecule has 0 aromatic carbocycles. The van der Waals surface area contributed by atoms with Gasteiger partial charge in [-0.25, -0.2) is 0 Å². The van der Waals surface area contributed by atoms with Crippen molar-refractivity contribution in [2.24, 2.45) is 17.6 Å². The molecule has 2 amide bonds. The van der Waals surface area contributed by atoms with Gasteiger partial charge in [-0.2, -0.15) is 0 Å². The Morgan fingerprint density at radius 2 is 1.21 bits per heavy atom. The molecule has 0 radical (unpaired) electrons. The normalized spacial score (nSPS) is 13.4. The van der Waals surface area contributed by atoms with Crippen LogP contribution in [-0.2, 0) is 23.9 Å². The highest BCUT2D eigenvalue weighted by Gasteiger charge is 2.28. The number of esters is 1. The Kier molecular flexibility index (Phi) is 23.8. The minimum atomic E-state index is -1.62. The van der Waals surface area contributed by atoms with Gasteiger partial charge in [0.25, 0.3) is 0 Å².